The molecular formula is C27H31ClN2O4S. The number of anilines is 1. The highest BCUT2D eigenvalue weighted by atomic mass is 35.5. The number of sulfonamides is 1. The van der Waals surface area contributed by atoms with E-state index in [0.29, 0.717) is 23.1 Å². The number of carbonyl (C=O) groups excluding carboxylic acids is 1. The van der Waals surface area contributed by atoms with E-state index in [4.69, 9.17) is 16.3 Å². The minimum atomic E-state index is -4.10. The van der Waals surface area contributed by atoms with Crippen LogP contribution in [0.5, 0.6) is 5.75 Å². The van der Waals surface area contributed by atoms with E-state index in [1.54, 1.807) is 24.3 Å². The van der Waals surface area contributed by atoms with Gasteiger partial charge in [0.05, 0.1) is 23.7 Å². The molecule has 186 valence electrons. The molecule has 0 aliphatic rings. The second-order valence-electron chi connectivity index (χ2n) is 8.80. The van der Waals surface area contributed by atoms with Gasteiger partial charge in [0.1, 0.15) is 12.3 Å². The second-order valence-corrected chi connectivity index (χ2v) is 11.1. The van der Waals surface area contributed by atoms with Gasteiger partial charge in [-0.25, -0.2) is 8.42 Å². The fourth-order valence-electron chi connectivity index (χ4n) is 3.80. The average molecular weight is 515 g/mol. The quantitative estimate of drug-likeness (QED) is 0.373. The lowest BCUT2D eigenvalue weighted by atomic mass is 9.97. The predicted molar refractivity (Wildman–Crippen MR) is 140 cm³/mol. The molecule has 0 heterocycles. The third-order valence-corrected chi connectivity index (χ3v) is 7.56. The van der Waals surface area contributed by atoms with Gasteiger partial charge in [0.15, 0.2) is 0 Å². The SMILES string of the molecule is COc1ccc(Cl)cc1N(CC(=O)NC(CC(C)C)c1ccccc1)S(=O)(=O)c1ccc(C)cc1. The molecule has 0 aliphatic carbocycles. The van der Waals surface area contributed by atoms with Crippen LogP contribution in [0.4, 0.5) is 5.69 Å². The summed E-state index contributed by atoms with van der Waals surface area (Å²) in [5.74, 6) is 0.179. The van der Waals surface area contributed by atoms with Crippen LogP contribution >= 0.6 is 11.6 Å². The Morgan fingerprint density at radius 2 is 1.69 bits per heavy atom. The molecule has 3 aromatic carbocycles. The molecule has 3 rings (SSSR count). The number of benzene rings is 3. The lowest BCUT2D eigenvalue weighted by molar-refractivity contribution is -0.120. The van der Waals surface area contributed by atoms with Gasteiger partial charge in [-0.2, -0.15) is 0 Å². The minimum absolute atomic E-state index is 0.0692. The monoisotopic (exact) mass is 514 g/mol. The molecule has 1 amide bonds. The Balaban J connectivity index is 2.00. The van der Waals surface area contributed by atoms with Crippen molar-refractivity contribution in [3.8, 4) is 5.75 Å². The van der Waals surface area contributed by atoms with Crippen molar-refractivity contribution in [1.82, 2.24) is 5.32 Å². The number of ether oxygens (including phenoxy) is 1. The summed E-state index contributed by atoms with van der Waals surface area (Å²) in [5, 5.41) is 3.36. The highest BCUT2D eigenvalue weighted by molar-refractivity contribution is 7.92. The second kappa shape index (κ2) is 11.6. The maximum Gasteiger partial charge on any atom is 0.264 e. The van der Waals surface area contributed by atoms with Gasteiger partial charge in [-0.15, -0.1) is 0 Å². The number of methoxy groups -OCH3 is 1. The van der Waals surface area contributed by atoms with Crippen LogP contribution < -0.4 is 14.4 Å². The largest absolute Gasteiger partial charge is 0.495 e. The van der Waals surface area contributed by atoms with E-state index in [9.17, 15) is 13.2 Å². The zero-order valence-electron chi connectivity index (χ0n) is 20.4. The van der Waals surface area contributed by atoms with Crippen molar-refractivity contribution in [1.29, 1.82) is 0 Å². The van der Waals surface area contributed by atoms with E-state index < -0.39 is 22.5 Å². The highest BCUT2D eigenvalue weighted by Gasteiger charge is 2.30. The zero-order valence-corrected chi connectivity index (χ0v) is 21.9. The summed E-state index contributed by atoms with van der Waals surface area (Å²) in [7, 11) is -2.66. The summed E-state index contributed by atoms with van der Waals surface area (Å²) in [6.45, 7) is 5.59. The fourth-order valence-corrected chi connectivity index (χ4v) is 5.39. The molecule has 3 aromatic rings. The van der Waals surface area contributed by atoms with Gasteiger partial charge in [-0.1, -0.05) is 73.5 Å². The Kier molecular flexibility index (Phi) is 8.81. The average Bonchev–Trinajstić information content (AvgIpc) is 2.82. The molecule has 0 saturated carbocycles. The molecule has 0 aromatic heterocycles. The summed E-state index contributed by atoms with van der Waals surface area (Å²) >= 11 is 6.22. The smallest absolute Gasteiger partial charge is 0.264 e. The van der Waals surface area contributed by atoms with Gasteiger partial charge in [0, 0.05) is 5.02 Å². The maximum atomic E-state index is 13.7. The van der Waals surface area contributed by atoms with Gasteiger partial charge < -0.3 is 10.1 Å². The van der Waals surface area contributed by atoms with E-state index >= 15 is 0 Å². The Hall–Kier alpha value is -3.03. The standard InChI is InChI=1S/C27H31ClN2O4S/c1-19(2)16-24(21-8-6-5-7-9-21)29-27(31)18-30(25-17-22(28)12-15-26(25)34-4)35(32,33)23-13-10-20(3)11-14-23/h5-15,17,19,24H,16,18H2,1-4H3,(H,29,31). The number of nitrogens with one attached hydrogen (secondary N) is 1. The Morgan fingerprint density at radius 1 is 1.03 bits per heavy atom. The van der Waals surface area contributed by atoms with Crippen LogP contribution in [-0.4, -0.2) is 28.0 Å². The van der Waals surface area contributed by atoms with Gasteiger partial charge in [-0.05, 0) is 55.2 Å². The molecule has 0 bridgehead atoms. The number of halogens is 1. The molecule has 0 radical (unpaired) electrons. The van der Waals surface area contributed by atoms with Crippen LogP contribution in [0.2, 0.25) is 5.02 Å². The van der Waals surface area contributed by atoms with Crippen molar-refractivity contribution in [3.05, 3.63) is 88.9 Å². The molecule has 35 heavy (non-hydrogen) atoms. The minimum Gasteiger partial charge on any atom is -0.495 e. The van der Waals surface area contributed by atoms with Crippen molar-refractivity contribution >= 4 is 33.2 Å². The van der Waals surface area contributed by atoms with E-state index in [1.807, 2.05) is 37.3 Å². The number of amides is 1. The van der Waals surface area contributed by atoms with E-state index in [-0.39, 0.29) is 16.6 Å². The molecule has 0 spiro atoms. The molecule has 0 saturated heterocycles. The Morgan fingerprint density at radius 3 is 2.29 bits per heavy atom. The first kappa shape index (κ1) is 26.6. The van der Waals surface area contributed by atoms with Gasteiger partial charge in [0.2, 0.25) is 5.91 Å². The number of rotatable bonds is 10. The van der Waals surface area contributed by atoms with Crippen LogP contribution in [0.15, 0.2) is 77.7 Å². The summed E-state index contributed by atoms with van der Waals surface area (Å²) in [4.78, 5) is 13.4. The van der Waals surface area contributed by atoms with Crippen LogP contribution in [-0.2, 0) is 14.8 Å². The van der Waals surface area contributed by atoms with Gasteiger partial charge in [0.25, 0.3) is 10.0 Å². The van der Waals surface area contributed by atoms with Crippen molar-refractivity contribution in [2.45, 2.75) is 38.1 Å². The number of hydrogen-bond donors (Lipinski definition) is 1. The normalized spacial score (nSPS) is 12.3. The van der Waals surface area contributed by atoms with Crippen molar-refractivity contribution in [3.63, 3.8) is 0 Å². The molecule has 0 aliphatic heterocycles. The zero-order chi connectivity index (χ0) is 25.6. The first-order valence-corrected chi connectivity index (χ1v) is 13.2. The van der Waals surface area contributed by atoms with Crippen molar-refractivity contribution < 1.29 is 17.9 Å². The molecule has 1 atom stereocenters. The van der Waals surface area contributed by atoms with E-state index in [1.165, 1.54) is 25.3 Å². The molecular weight excluding hydrogens is 484 g/mol. The molecule has 8 heteroatoms. The van der Waals surface area contributed by atoms with Crippen LogP contribution in [0.1, 0.15) is 37.4 Å². The van der Waals surface area contributed by atoms with Crippen LogP contribution in [0.3, 0.4) is 0 Å². The van der Waals surface area contributed by atoms with Crippen molar-refractivity contribution in [2.24, 2.45) is 5.92 Å². The Labute approximate surface area is 212 Å². The summed E-state index contributed by atoms with van der Waals surface area (Å²) < 4.78 is 34.0. The maximum absolute atomic E-state index is 13.7. The summed E-state index contributed by atoms with van der Waals surface area (Å²) in [5.41, 5.74) is 2.08. The Bertz CT molecular complexity index is 1250. The first-order chi connectivity index (χ1) is 16.6. The van der Waals surface area contributed by atoms with Gasteiger partial charge >= 0.3 is 0 Å². The van der Waals surface area contributed by atoms with Gasteiger partial charge in [-0.3, -0.25) is 9.10 Å². The topological polar surface area (TPSA) is 75.7 Å². The lowest BCUT2D eigenvalue weighted by Gasteiger charge is -2.27. The van der Waals surface area contributed by atoms with E-state index in [2.05, 4.69) is 19.2 Å². The number of nitrogens with zero attached hydrogens (tertiary/aromatic N) is 1. The number of carbonyl (C=O) groups is 1. The van der Waals surface area contributed by atoms with Crippen LogP contribution in [0.25, 0.3) is 0 Å². The molecule has 6 nitrogen and oxygen atoms in total. The summed E-state index contributed by atoms with van der Waals surface area (Å²) in [6.07, 6.45) is 0.709. The van der Waals surface area contributed by atoms with Crippen LogP contribution in [0, 0.1) is 12.8 Å². The third-order valence-electron chi connectivity index (χ3n) is 5.55. The molecule has 0 fully saturated rings. The van der Waals surface area contributed by atoms with Crippen molar-refractivity contribution in [2.75, 3.05) is 18.0 Å². The van der Waals surface area contributed by atoms with E-state index in [0.717, 1.165) is 15.4 Å². The molecule has 1 unspecified atom stereocenters. The fraction of sp³-hybridized carbons (Fsp3) is 0.296. The molecule has 1 N–H and O–H groups in total. The number of hydrogen-bond acceptors (Lipinski definition) is 4. The highest BCUT2D eigenvalue weighted by Crippen LogP contribution is 2.35. The predicted octanol–water partition coefficient (Wildman–Crippen LogP) is 5.76. The summed E-state index contributed by atoms with van der Waals surface area (Å²) in [6, 6.07) is 20.6. The number of aryl methyl sites for hydroxylation is 1. The lowest BCUT2D eigenvalue weighted by Crippen LogP contribution is -2.42. The third kappa shape index (κ3) is 6.77. The first-order valence-electron chi connectivity index (χ1n) is 11.4.